The number of carbonyl (C=O) groups excluding carboxylic acids is 1. The molecule has 1 amide bonds. The zero-order valence-corrected chi connectivity index (χ0v) is 10.6. The SMILES string of the molecule is CCNC(=O)CNc1cc(C#N)c2ccccc2n1. The van der Waals surface area contributed by atoms with Crippen LogP contribution in [0.15, 0.2) is 30.3 Å². The third-order valence-corrected chi connectivity index (χ3v) is 2.64. The number of amides is 1. The van der Waals surface area contributed by atoms with Gasteiger partial charge in [0.2, 0.25) is 5.91 Å². The molecule has 0 saturated heterocycles. The van der Waals surface area contributed by atoms with Crippen LogP contribution in [0.2, 0.25) is 0 Å². The molecule has 0 atom stereocenters. The average Bonchev–Trinajstić information content (AvgIpc) is 2.44. The number of nitriles is 1. The van der Waals surface area contributed by atoms with Crippen molar-refractivity contribution < 1.29 is 4.79 Å². The second kappa shape index (κ2) is 5.83. The molecule has 5 nitrogen and oxygen atoms in total. The minimum atomic E-state index is -0.101. The highest BCUT2D eigenvalue weighted by Gasteiger charge is 2.06. The predicted molar refractivity (Wildman–Crippen MR) is 73.6 cm³/mol. The zero-order valence-electron chi connectivity index (χ0n) is 10.6. The molecule has 2 rings (SSSR count). The summed E-state index contributed by atoms with van der Waals surface area (Å²) in [4.78, 5) is 15.7. The second-order valence-corrected chi connectivity index (χ2v) is 3.99. The Morgan fingerprint density at radius 1 is 1.42 bits per heavy atom. The van der Waals surface area contributed by atoms with Gasteiger partial charge in [0.25, 0.3) is 0 Å². The number of aromatic nitrogens is 1. The van der Waals surface area contributed by atoms with E-state index in [-0.39, 0.29) is 12.5 Å². The summed E-state index contributed by atoms with van der Waals surface area (Å²) in [6.07, 6.45) is 0. The van der Waals surface area contributed by atoms with Crippen molar-refractivity contribution in [3.63, 3.8) is 0 Å². The van der Waals surface area contributed by atoms with Crippen molar-refractivity contribution in [2.45, 2.75) is 6.92 Å². The van der Waals surface area contributed by atoms with Crippen molar-refractivity contribution in [3.8, 4) is 6.07 Å². The van der Waals surface area contributed by atoms with E-state index < -0.39 is 0 Å². The molecule has 0 radical (unpaired) electrons. The highest BCUT2D eigenvalue weighted by Crippen LogP contribution is 2.19. The number of benzene rings is 1. The summed E-state index contributed by atoms with van der Waals surface area (Å²) < 4.78 is 0. The van der Waals surface area contributed by atoms with E-state index in [1.807, 2.05) is 31.2 Å². The average molecular weight is 254 g/mol. The molecule has 0 aliphatic carbocycles. The van der Waals surface area contributed by atoms with Crippen LogP contribution in [0.4, 0.5) is 5.82 Å². The first kappa shape index (κ1) is 12.8. The fourth-order valence-corrected chi connectivity index (χ4v) is 1.79. The number of hydrogen-bond acceptors (Lipinski definition) is 4. The summed E-state index contributed by atoms with van der Waals surface area (Å²) in [7, 11) is 0. The number of rotatable bonds is 4. The van der Waals surface area contributed by atoms with Gasteiger partial charge in [0, 0.05) is 11.9 Å². The third-order valence-electron chi connectivity index (χ3n) is 2.64. The normalized spacial score (nSPS) is 9.89. The van der Waals surface area contributed by atoms with Crippen LogP contribution in [0.3, 0.4) is 0 Å². The van der Waals surface area contributed by atoms with E-state index in [0.717, 1.165) is 10.9 Å². The lowest BCUT2D eigenvalue weighted by Crippen LogP contribution is -2.29. The van der Waals surface area contributed by atoms with E-state index in [1.54, 1.807) is 6.07 Å². The largest absolute Gasteiger partial charge is 0.361 e. The Balaban J connectivity index is 2.25. The molecule has 5 heteroatoms. The van der Waals surface area contributed by atoms with Gasteiger partial charge >= 0.3 is 0 Å². The molecule has 0 aliphatic rings. The van der Waals surface area contributed by atoms with Gasteiger partial charge in [-0.1, -0.05) is 18.2 Å². The number of nitrogens with zero attached hydrogens (tertiary/aromatic N) is 2. The number of carbonyl (C=O) groups is 1. The smallest absolute Gasteiger partial charge is 0.239 e. The number of pyridine rings is 1. The standard InChI is InChI=1S/C14H14N4O/c1-2-16-14(19)9-17-13-7-10(8-15)11-5-3-4-6-12(11)18-13/h3-7H,2,9H2,1H3,(H,16,19)(H,17,18). The first-order valence-corrected chi connectivity index (χ1v) is 6.05. The van der Waals surface area contributed by atoms with E-state index in [0.29, 0.717) is 17.9 Å². The lowest BCUT2D eigenvalue weighted by molar-refractivity contribution is -0.119. The molecule has 2 N–H and O–H groups in total. The second-order valence-electron chi connectivity index (χ2n) is 3.99. The van der Waals surface area contributed by atoms with E-state index in [4.69, 9.17) is 5.26 Å². The summed E-state index contributed by atoms with van der Waals surface area (Å²) >= 11 is 0. The number of anilines is 1. The van der Waals surface area contributed by atoms with Crippen LogP contribution in [0.1, 0.15) is 12.5 Å². The highest BCUT2D eigenvalue weighted by atomic mass is 16.1. The number of hydrogen-bond donors (Lipinski definition) is 2. The van der Waals surface area contributed by atoms with E-state index in [2.05, 4.69) is 21.7 Å². The van der Waals surface area contributed by atoms with Gasteiger partial charge in [-0.2, -0.15) is 5.26 Å². The molecule has 0 fully saturated rings. The van der Waals surface area contributed by atoms with Crippen molar-refractivity contribution in [2.24, 2.45) is 0 Å². The summed E-state index contributed by atoms with van der Waals surface area (Å²) in [5.74, 6) is 0.428. The lowest BCUT2D eigenvalue weighted by Gasteiger charge is -2.07. The predicted octanol–water partition coefficient (Wildman–Crippen LogP) is 1.65. The van der Waals surface area contributed by atoms with Gasteiger partial charge in [-0.3, -0.25) is 4.79 Å². The summed E-state index contributed by atoms with van der Waals surface area (Å²) in [6, 6.07) is 11.2. The van der Waals surface area contributed by atoms with E-state index >= 15 is 0 Å². The van der Waals surface area contributed by atoms with Crippen molar-refractivity contribution in [3.05, 3.63) is 35.9 Å². The van der Waals surface area contributed by atoms with Gasteiger partial charge in [0.15, 0.2) is 0 Å². The van der Waals surface area contributed by atoms with Crippen LogP contribution in [-0.4, -0.2) is 24.0 Å². The number of fused-ring (bicyclic) bond motifs is 1. The van der Waals surface area contributed by atoms with Gasteiger partial charge in [0.1, 0.15) is 5.82 Å². The van der Waals surface area contributed by atoms with Crippen molar-refractivity contribution in [1.29, 1.82) is 5.26 Å². The van der Waals surface area contributed by atoms with Crippen molar-refractivity contribution in [2.75, 3.05) is 18.4 Å². The molecule has 0 unspecified atom stereocenters. The first-order valence-electron chi connectivity index (χ1n) is 6.05. The zero-order chi connectivity index (χ0) is 13.7. The topological polar surface area (TPSA) is 77.8 Å². The fraction of sp³-hybridized carbons (Fsp3) is 0.214. The first-order chi connectivity index (χ1) is 9.24. The number of likely N-dealkylation sites (N-methyl/N-ethyl adjacent to an activating group) is 1. The van der Waals surface area contributed by atoms with Crippen molar-refractivity contribution in [1.82, 2.24) is 10.3 Å². The fourth-order valence-electron chi connectivity index (χ4n) is 1.79. The molecule has 0 spiro atoms. The van der Waals surface area contributed by atoms with Gasteiger partial charge in [-0.15, -0.1) is 0 Å². The maximum Gasteiger partial charge on any atom is 0.239 e. The molecule has 0 saturated carbocycles. The molecule has 0 bridgehead atoms. The Bertz CT molecular complexity index is 645. The minimum Gasteiger partial charge on any atom is -0.361 e. The van der Waals surface area contributed by atoms with Gasteiger partial charge < -0.3 is 10.6 Å². The molecule has 96 valence electrons. The molecule has 19 heavy (non-hydrogen) atoms. The Labute approximate surface area is 111 Å². The Morgan fingerprint density at radius 3 is 2.95 bits per heavy atom. The summed E-state index contributed by atoms with van der Waals surface area (Å²) in [5.41, 5.74) is 1.28. The maximum atomic E-state index is 11.4. The summed E-state index contributed by atoms with van der Waals surface area (Å²) in [6.45, 7) is 2.60. The van der Waals surface area contributed by atoms with Crippen LogP contribution in [0.5, 0.6) is 0 Å². The lowest BCUT2D eigenvalue weighted by atomic mass is 10.1. The molecular weight excluding hydrogens is 240 g/mol. The van der Waals surface area contributed by atoms with Gasteiger partial charge in [-0.05, 0) is 19.1 Å². The number of para-hydroxylation sites is 1. The minimum absolute atomic E-state index is 0.101. The monoisotopic (exact) mass is 254 g/mol. The number of nitrogens with one attached hydrogen (secondary N) is 2. The van der Waals surface area contributed by atoms with Crippen LogP contribution < -0.4 is 10.6 Å². The molecule has 1 heterocycles. The highest BCUT2D eigenvalue weighted by molar-refractivity contribution is 5.87. The molecular formula is C14H14N4O. The van der Waals surface area contributed by atoms with E-state index in [1.165, 1.54) is 0 Å². The van der Waals surface area contributed by atoms with Crippen molar-refractivity contribution >= 4 is 22.6 Å². The maximum absolute atomic E-state index is 11.4. The summed E-state index contributed by atoms with van der Waals surface area (Å²) in [5, 5.41) is 15.6. The molecule has 1 aromatic carbocycles. The molecule has 2 aromatic rings. The van der Waals surface area contributed by atoms with E-state index in [9.17, 15) is 4.79 Å². The quantitative estimate of drug-likeness (QED) is 0.869. The Hall–Kier alpha value is -2.61. The van der Waals surface area contributed by atoms with Crippen LogP contribution in [-0.2, 0) is 4.79 Å². The third kappa shape index (κ3) is 2.99. The van der Waals surface area contributed by atoms with Gasteiger partial charge in [-0.25, -0.2) is 4.98 Å². The molecule has 0 aliphatic heterocycles. The van der Waals surface area contributed by atoms with Gasteiger partial charge in [0.05, 0.1) is 23.7 Å². The van der Waals surface area contributed by atoms with Crippen LogP contribution in [0.25, 0.3) is 10.9 Å². The Kier molecular flexibility index (Phi) is 3.94. The van der Waals surface area contributed by atoms with Crippen LogP contribution in [0, 0.1) is 11.3 Å². The Morgan fingerprint density at radius 2 is 2.21 bits per heavy atom. The van der Waals surface area contributed by atoms with Crippen LogP contribution >= 0.6 is 0 Å². The molecule has 1 aromatic heterocycles.